The highest BCUT2D eigenvalue weighted by atomic mass is 31.3. The normalized spacial score (nSPS) is 25.8. The SMILES string of the molecule is Cc1cn([C@H]2C[C@@H](N=[N+]=[N-])[C@@H](OP(=O)([O-])NP(=O)([O-])OP(=O)([O-])[O-])O2)c(=O)[nH]c1=O. The molecule has 1 aliphatic heterocycles. The van der Waals surface area contributed by atoms with Gasteiger partial charge in [-0.2, -0.15) is 4.86 Å². The number of aryl methyl sites for hydroxylation is 1. The van der Waals surface area contributed by atoms with Gasteiger partial charge in [-0.05, 0) is 12.5 Å². The Labute approximate surface area is 165 Å². The Bertz CT molecular complexity index is 1120. The molecular weight excluding hydrogens is 477 g/mol. The third-order valence-corrected chi connectivity index (χ3v) is 7.50. The molecule has 2 N–H and O–H groups in total. The van der Waals surface area contributed by atoms with Gasteiger partial charge in [0.05, 0.1) is 13.9 Å². The van der Waals surface area contributed by atoms with E-state index in [1.54, 1.807) is 0 Å². The van der Waals surface area contributed by atoms with Crippen LogP contribution < -0.4 is 35.7 Å². The van der Waals surface area contributed by atoms with Crippen LogP contribution in [0.5, 0.6) is 0 Å². The lowest BCUT2D eigenvalue weighted by molar-refractivity contribution is -0.337. The predicted octanol–water partition coefficient (Wildman–Crippen LogP) is -2.84. The minimum Gasteiger partial charge on any atom is -0.790 e. The average Bonchev–Trinajstić information content (AvgIpc) is 2.89. The van der Waals surface area contributed by atoms with Crippen molar-refractivity contribution in [3.05, 3.63) is 43.0 Å². The highest BCUT2D eigenvalue weighted by molar-refractivity contribution is 7.69. The van der Waals surface area contributed by atoms with E-state index in [-0.39, 0.29) is 12.0 Å². The Kier molecular flexibility index (Phi) is 7.26. The number of nitrogens with one attached hydrogen (secondary N) is 2. The van der Waals surface area contributed by atoms with Crippen molar-refractivity contribution < 1.29 is 46.8 Å². The molecule has 1 aromatic heterocycles. The monoisotopic (exact) mass is 488 g/mol. The van der Waals surface area contributed by atoms with E-state index < -0.39 is 53.1 Å². The van der Waals surface area contributed by atoms with Gasteiger partial charge in [0.1, 0.15) is 6.23 Å². The van der Waals surface area contributed by atoms with E-state index in [0.717, 1.165) is 10.8 Å². The molecule has 0 saturated carbocycles. The fourth-order valence-electron chi connectivity index (χ4n) is 2.32. The largest absolute Gasteiger partial charge is 0.790 e. The summed E-state index contributed by atoms with van der Waals surface area (Å²) < 4.78 is 47.1. The lowest BCUT2D eigenvalue weighted by Gasteiger charge is -2.39. The molecule has 0 aliphatic carbocycles. The van der Waals surface area contributed by atoms with Gasteiger partial charge in [0.15, 0.2) is 6.29 Å². The Balaban J connectivity index is 2.24. The maximum absolute atomic E-state index is 11.9. The van der Waals surface area contributed by atoms with Gasteiger partial charge < -0.3 is 28.9 Å². The summed E-state index contributed by atoms with van der Waals surface area (Å²) in [7, 11) is -17.8. The summed E-state index contributed by atoms with van der Waals surface area (Å²) in [6, 6.07) is -1.40. The summed E-state index contributed by atoms with van der Waals surface area (Å²) in [5, 5.41) is 3.22. The van der Waals surface area contributed by atoms with Crippen LogP contribution in [0.2, 0.25) is 0 Å². The number of ether oxygens (including phenoxy) is 1. The lowest BCUT2D eigenvalue weighted by atomic mass is 10.2. The highest BCUT2D eigenvalue weighted by Gasteiger charge is 2.39. The quantitative estimate of drug-likeness (QED) is 0.161. The van der Waals surface area contributed by atoms with Crippen molar-refractivity contribution in [3.63, 3.8) is 0 Å². The van der Waals surface area contributed by atoms with Crippen molar-refractivity contribution in [1.29, 1.82) is 0 Å². The molecule has 5 atom stereocenters. The zero-order valence-corrected chi connectivity index (χ0v) is 17.2. The van der Waals surface area contributed by atoms with Crippen LogP contribution in [-0.2, 0) is 27.3 Å². The fourth-order valence-corrected chi connectivity index (χ4v) is 5.70. The molecule has 0 radical (unpaired) electrons. The number of aromatic nitrogens is 2. The second-order valence-electron chi connectivity index (χ2n) is 5.67. The second kappa shape index (κ2) is 8.85. The molecule has 0 amide bonds. The van der Waals surface area contributed by atoms with Gasteiger partial charge in [-0.25, -0.2) is 4.79 Å². The maximum Gasteiger partial charge on any atom is 0.330 e. The van der Waals surface area contributed by atoms with Gasteiger partial charge in [-0.15, -0.1) is 0 Å². The molecule has 0 spiro atoms. The van der Waals surface area contributed by atoms with Crippen molar-refractivity contribution in [2.75, 3.05) is 0 Å². The third-order valence-electron chi connectivity index (χ3n) is 3.40. The van der Waals surface area contributed by atoms with Gasteiger partial charge in [0.2, 0.25) is 15.5 Å². The predicted molar refractivity (Wildman–Crippen MR) is 85.6 cm³/mol. The molecule has 1 saturated heterocycles. The van der Waals surface area contributed by atoms with Gasteiger partial charge in [0.25, 0.3) is 5.56 Å². The molecule has 21 heteroatoms. The average molecular weight is 488 g/mol. The molecule has 2 rings (SSSR count). The first-order chi connectivity index (χ1) is 13.6. The van der Waals surface area contributed by atoms with Gasteiger partial charge in [-0.1, -0.05) is 5.11 Å². The van der Waals surface area contributed by atoms with Crippen LogP contribution in [0, 0.1) is 6.92 Å². The smallest absolute Gasteiger partial charge is 0.330 e. The summed E-state index contributed by atoms with van der Waals surface area (Å²) >= 11 is 0. The Hall–Kier alpha value is -1.64. The van der Waals surface area contributed by atoms with Gasteiger partial charge >= 0.3 is 5.69 Å². The summed E-state index contributed by atoms with van der Waals surface area (Å²) in [5.74, 6) is 0. The minimum absolute atomic E-state index is 0.0863. The number of hydrogen-bond donors (Lipinski definition) is 2. The minimum atomic E-state index is -6.11. The Morgan fingerprint density at radius 3 is 2.50 bits per heavy atom. The third kappa shape index (κ3) is 6.68. The molecule has 168 valence electrons. The van der Waals surface area contributed by atoms with E-state index in [9.17, 15) is 42.9 Å². The Morgan fingerprint density at radius 2 is 1.93 bits per heavy atom. The van der Waals surface area contributed by atoms with Crippen LogP contribution in [0.1, 0.15) is 18.2 Å². The number of H-pyrrole nitrogens is 1. The van der Waals surface area contributed by atoms with E-state index in [2.05, 4.69) is 18.9 Å². The zero-order chi connectivity index (χ0) is 22.9. The number of hydrogen-bond acceptors (Lipinski definition) is 13. The number of aromatic amines is 1. The van der Waals surface area contributed by atoms with Crippen LogP contribution in [0.15, 0.2) is 20.9 Å². The zero-order valence-electron chi connectivity index (χ0n) is 14.5. The first-order valence-corrected chi connectivity index (χ1v) is 12.0. The molecule has 2 unspecified atom stereocenters. The molecule has 1 fully saturated rings. The summed E-state index contributed by atoms with van der Waals surface area (Å²) in [4.78, 5) is 72.4. The van der Waals surface area contributed by atoms with E-state index in [1.807, 2.05) is 4.98 Å². The fraction of sp³-hybridized carbons (Fsp3) is 0.556. The molecular formula is C9H11N6O12P3-4. The van der Waals surface area contributed by atoms with E-state index in [0.29, 0.717) is 4.86 Å². The summed E-state index contributed by atoms with van der Waals surface area (Å²) in [6.45, 7) is 1.36. The maximum atomic E-state index is 11.9. The van der Waals surface area contributed by atoms with Crippen molar-refractivity contribution in [2.45, 2.75) is 31.9 Å². The van der Waals surface area contributed by atoms with Crippen LogP contribution in [-0.4, -0.2) is 21.9 Å². The molecule has 1 aliphatic rings. The first-order valence-electron chi connectivity index (χ1n) is 7.48. The number of phosphoric acid groups is 1. The molecule has 0 aromatic carbocycles. The van der Waals surface area contributed by atoms with Gasteiger partial charge in [-0.3, -0.25) is 32.3 Å². The number of rotatable bonds is 8. The van der Waals surface area contributed by atoms with Crippen molar-refractivity contribution in [2.24, 2.45) is 5.11 Å². The van der Waals surface area contributed by atoms with Gasteiger partial charge in [0, 0.05) is 23.1 Å². The first kappa shape index (κ1) is 24.6. The van der Waals surface area contributed by atoms with Crippen LogP contribution in [0.25, 0.3) is 10.4 Å². The molecule has 0 bridgehead atoms. The summed E-state index contributed by atoms with van der Waals surface area (Å²) in [6.07, 6.45) is -2.52. The van der Waals surface area contributed by atoms with E-state index >= 15 is 0 Å². The molecule has 30 heavy (non-hydrogen) atoms. The van der Waals surface area contributed by atoms with Crippen molar-refractivity contribution in [3.8, 4) is 0 Å². The summed E-state index contributed by atoms with van der Waals surface area (Å²) in [5.41, 5.74) is 7.05. The van der Waals surface area contributed by atoms with Crippen molar-refractivity contribution in [1.82, 2.24) is 14.4 Å². The Morgan fingerprint density at radius 1 is 1.30 bits per heavy atom. The van der Waals surface area contributed by atoms with E-state index in [4.69, 9.17) is 10.3 Å². The number of nitrogens with zero attached hydrogens (tertiary/aromatic N) is 4. The number of azide groups is 1. The van der Waals surface area contributed by atoms with Crippen LogP contribution in [0.3, 0.4) is 0 Å². The topological polar surface area (TPSA) is 287 Å². The highest BCUT2D eigenvalue weighted by Crippen LogP contribution is 2.54. The molecule has 1 aromatic rings. The second-order valence-corrected chi connectivity index (χ2v) is 10.2. The van der Waals surface area contributed by atoms with Crippen molar-refractivity contribution >= 4 is 23.3 Å². The van der Waals surface area contributed by atoms with Crippen LogP contribution in [0.4, 0.5) is 0 Å². The van der Waals surface area contributed by atoms with Crippen LogP contribution >= 0.6 is 23.3 Å². The standard InChI is InChI=1S/C9H15N6O12P3/c1-4-3-15(9(17)11-7(4)16)6-2-5(12-13-10)8(25-6)26-28(18,19)14-29(20,21)27-30(22,23)24/h3,5-6,8H,2H2,1H3,(H,11,16,17)(H2,22,23,24)(H3,14,18,19,20,21)/p-4/t5-,6-,8-/m1/s1. The molecule has 18 nitrogen and oxygen atoms in total. The van der Waals surface area contributed by atoms with E-state index in [1.165, 1.54) is 6.92 Å². The molecule has 2 heterocycles. The lowest BCUT2D eigenvalue weighted by Crippen LogP contribution is -2.34.